The molecular formula is C12H18N2O. The second kappa shape index (κ2) is 5.59. The van der Waals surface area contributed by atoms with Gasteiger partial charge < -0.3 is 9.74 Å². The van der Waals surface area contributed by atoms with E-state index < -0.39 is 0 Å². The van der Waals surface area contributed by atoms with E-state index in [1.54, 1.807) is 0 Å². The Morgan fingerprint density at radius 1 is 1.13 bits per heavy atom. The molecule has 0 aromatic carbocycles. The predicted molar refractivity (Wildman–Crippen MR) is 61.7 cm³/mol. The molecule has 0 aromatic rings. The molecule has 0 aliphatic carbocycles. The van der Waals surface area contributed by atoms with Gasteiger partial charge in [0.05, 0.1) is 5.71 Å². The summed E-state index contributed by atoms with van der Waals surface area (Å²) in [7, 11) is 0. The Hall–Kier alpha value is -1.25. The zero-order valence-corrected chi connectivity index (χ0v) is 9.06. The number of hydrogen-bond acceptors (Lipinski definition) is 3. The van der Waals surface area contributed by atoms with Crippen LogP contribution in [-0.4, -0.2) is 30.3 Å². The highest BCUT2D eigenvalue weighted by Gasteiger charge is 2.04. The van der Waals surface area contributed by atoms with E-state index in [2.05, 4.69) is 22.3 Å². The van der Waals surface area contributed by atoms with Gasteiger partial charge >= 0.3 is 0 Å². The average Bonchev–Trinajstić information content (AvgIpc) is 2.79. The molecule has 0 radical (unpaired) electrons. The van der Waals surface area contributed by atoms with Gasteiger partial charge in [-0.05, 0) is 37.6 Å². The van der Waals surface area contributed by atoms with Crippen LogP contribution in [0.1, 0.15) is 25.7 Å². The summed E-state index contributed by atoms with van der Waals surface area (Å²) in [5, 5.41) is 3.90. The van der Waals surface area contributed by atoms with Gasteiger partial charge in [-0.1, -0.05) is 11.2 Å². The summed E-state index contributed by atoms with van der Waals surface area (Å²) in [5.41, 5.74) is 1.04. The number of likely N-dealkylation sites (tertiary alicyclic amines) is 1. The van der Waals surface area contributed by atoms with E-state index >= 15 is 0 Å². The zero-order valence-electron chi connectivity index (χ0n) is 9.06. The first kappa shape index (κ1) is 10.3. The van der Waals surface area contributed by atoms with E-state index in [1.165, 1.54) is 32.4 Å². The van der Waals surface area contributed by atoms with Gasteiger partial charge in [0.25, 0.3) is 0 Å². The van der Waals surface area contributed by atoms with Gasteiger partial charge in [-0.25, -0.2) is 0 Å². The summed E-state index contributed by atoms with van der Waals surface area (Å²) in [6, 6.07) is 0. The highest BCUT2D eigenvalue weighted by atomic mass is 16.6. The minimum atomic E-state index is 0.732. The summed E-state index contributed by atoms with van der Waals surface area (Å²) in [6.07, 6.45) is 13.3. The Bertz CT molecular complexity index is 275. The summed E-state index contributed by atoms with van der Waals surface area (Å²) < 4.78 is 0. The largest absolute Gasteiger partial charge is 0.395 e. The first-order valence-corrected chi connectivity index (χ1v) is 5.73. The highest BCUT2D eigenvalue weighted by Crippen LogP contribution is 2.08. The van der Waals surface area contributed by atoms with Gasteiger partial charge in [0.1, 0.15) is 6.61 Å². The maximum Gasteiger partial charge on any atom is 0.122 e. The smallest absolute Gasteiger partial charge is 0.122 e. The van der Waals surface area contributed by atoms with Crippen LogP contribution in [0.25, 0.3) is 0 Å². The van der Waals surface area contributed by atoms with Crippen LogP contribution in [0.4, 0.5) is 0 Å². The molecular weight excluding hydrogens is 188 g/mol. The first-order valence-electron chi connectivity index (χ1n) is 5.73. The van der Waals surface area contributed by atoms with Gasteiger partial charge in [0.2, 0.25) is 0 Å². The third-order valence-electron chi connectivity index (χ3n) is 2.72. The number of hydrogen-bond donors (Lipinski definition) is 0. The lowest BCUT2D eigenvalue weighted by molar-refractivity contribution is 0.174. The molecule has 0 N–H and O–H groups in total. The summed E-state index contributed by atoms with van der Waals surface area (Å²) in [4.78, 5) is 7.28. The van der Waals surface area contributed by atoms with Crippen molar-refractivity contribution in [3.05, 3.63) is 24.4 Å². The Balaban J connectivity index is 1.73. The molecule has 82 valence electrons. The maximum absolute atomic E-state index is 4.91. The van der Waals surface area contributed by atoms with Gasteiger partial charge in [-0.3, -0.25) is 0 Å². The van der Waals surface area contributed by atoms with Crippen LogP contribution in [0.2, 0.25) is 0 Å². The third-order valence-corrected chi connectivity index (χ3v) is 2.72. The molecule has 0 bridgehead atoms. The third kappa shape index (κ3) is 3.42. The molecule has 0 aromatic heterocycles. The quantitative estimate of drug-likeness (QED) is 0.662. The van der Waals surface area contributed by atoms with Crippen LogP contribution in [0.15, 0.2) is 29.6 Å². The van der Waals surface area contributed by atoms with Crippen molar-refractivity contribution in [2.45, 2.75) is 25.7 Å². The van der Waals surface area contributed by atoms with Crippen LogP contribution in [-0.2, 0) is 4.84 Å². The molecule has 1 saturated heterocycles. The number of piperidine rings is 1. The normalized spacial score (nSPS) is 22.4. The number of allylic oxidation sites excluding steroid dienone is 3. The van der Waals surface area contributed by atoms with Crippen molar-refractivity contribution in [3.8, 4) is 0 Å². The Morgan fingerprint density at radius 3 is 2.73 bits per heavy atom. The van der Waals surface area contributed by atoms with Crippen molar-refractivity contribution < 1.29 is 4.84 Å². The van der Waals surface area contributed by atoms with Crippen molar-refractivity contribution in [2.24, 2.45) is 5.16 Å². The van der Waals surface area contributed by atoms with E-state index in [0.717, 1.165) is 18.7 Å². The predicted octanol–water partition coefficient (Wildman–Crippen LogP) is 2.32. The minimum absolute atomic E-state index is 0.732. The molecule has 0 saturated carbocycles. The molecule has 3 nitrogen and oxygen atoms in total. The first-order chi connectivity index (χ1) is 7.45. The fourth-order valence-corrected chi connectivity index (χ4v) is 1.84. The molecule has 0 unspecified atom stereocenters. The fraction of sp³-hybridized carbons (Fsp3) is 0.583. The molecule has 2 heterocycles. The second-order valence-corrected chi connectivity index (χ2v) is 3.96. The van der Waals surface area contributed by atoms with Crippen molar-refractivity contribution in [2.75, 3.05) is 19.7 Å². The van der Waals surface area contributed by atoms with E-state index in [9.17, 15) is 0 Å². The van der Waals surface area contributed by atoms with Crippen molar-refractivity contribution in [1.29, 1.82) is 0 Å². The molecule has 0 spiro atoms. The van der Waals surface area contributed by atoms with Crippen LogP contribution in [0.3, 0.4) is 0 Å². The lowest BCUT2D eigenvalue weighted by Gasteiger charge is -2.24. The van der Waals surface area contributed by atoms with Crippen LogP contribution in [0.5, 0.6) is 0 Å². The van der Waals surface area contributed by atoms with Crippen LogP contribution >= 0.6 is 0 Å². The van der Waals surface area contributed by atoms with E-state index in [4.69, 9.17) is 4.84 Å². The lowest BCUT2D eigenvalue weighted by Crippen LogP contribution is -2.23. The monoisotopic (exact) mass is 206 g/mol. The van der Waals surface area contributed by atoms with Gasteiger partial charge in [0.15, 0.2) is 0 Å². The Kier molecular flexibility index (Phi) is 3.83. The number of oxime groups is 1. The summed E-state index contributed by atoms with van der Waals surface area (Å²) in [6.45, 7) is 3.14. The summed E-state index contributed by atoms with van der Waals surface area (Å²) >= 11 is 0. The Morgan fingerprint density at radius 2 is 2.00 bits per heavy atom. The van der Waals surface area contributed by atoms with Gasteiger partial charge in [-0.15, -0.1) is 0 Å². The SMILES string of the molecule is C(/C=C/N1CCCCC1)=C\C1=NOCC1. The second-order valence-electron chi connectivity index (χ2n) is 3.96. The molecule has 15 heavy (non-hydrogen) atoms. The minimum Gasteiger partial charge on any atom is -0.395 e. The topological polar surface area (TPSA) is 24.8 Å². The standard InChI is InChI=1S/C12H18N2O/c1-3-8-14(9-4-1)10-5-2-6-12-7-11-15-13-12/h2,5-6,10H,1,3-4,7-9,11H2/b6-2+,10-5+. The molecule has 2 rings (SSSR count). The number of rotatable bonds is 3. The molecule has 2 aliphatic heterocycles. The Labute approximate surface area is 91.1 Å². The van der Waals surface area contributed by atoms with Crippen molar-refractivity contribution in [3.63, 3.8) is 0 Å². The molecule has 1 fully saturated rings. The molecule has 2 aliphatic rings. The zero-order chi connectivity index (χ0) is 10.3. The number of nitrogens with zero attached hydrogens (tertiary/aromatic N) is 2. The van der Waals surface area contributed by atoms with Crippen LogP contribution < -0.4 is 0 Å². The molecule has 0 atom stereocenters. The molecule has 0 amide bonds. The van der Waals surface area contributed by atoms with Gasteiger partial charge in [-0.2, -0.15) is 0 Å². The van der Waals surface area contributed by atoms with Crippen molar-refractivity contribution in [1.82, 2.24) is 4.90 Å². The average molecular weight is 206 g/mol. The highest BCUT2D eigenvalue weighted by molar-refractivity contribution is 5.95. The van der Waals surface area contributed by atoms with E-state index in [0.29, 0.717) is 0 Å². The van der Waals surface area contributed by atoms with Crippen molar-refractivity contribution >= 4 is 5.71 Å². The van der Waals surface area contributed by atoms with E-state index in [1.807, 2.05) is 12.2 Å². The maximum atomic E-state index is 4.91. The van der Waals surface area contributed by atoms with Crippen LogP contribution in [0, 0.1) is 0 Å². The van der Waals surface area contributed by atoms with Gasteiger partial charge in [0, 0.05) is 19.5 Å². The van der Waals surface area contributed by atoms with E-state index in [-0.39, 0.29) is 0 Å². The molecule has 3 heteroatoms. The lowest BCUT2D eigenvalue weighted by atomic mass is 10.1. The summed E-state index contributed by atoms with van der Waals surface area (Å²) in [5.74, 6) is 0. The fourth-order valence-electron chi connectivity index (χ4n) is 1.84.